The lowest BCUT2D eigenvalue weighted by Gasteiger charge is -2.35. The fourth-order valence-electron chi connectivity index (χ4n) is 4.51. The van der Waals surface area contributed by atoms with Crippen LogP contribution in [-0.2, 0) is 4.74 Å². The van der Waals surface area contributed by atoms with Crippen molar-refractivity contribution in [3.05, 3.63) is 0 Å². The number of rotatable bonds is 6. The first-order valence-corrected chi connectivity index (χ1v) is 11.3. The summed E-state index contributed by atoms with van der Waals surface area (Å²) < 4.78 is 5.36. The third-order valence-electron chi connectivity index (χ3n) is 5.55. The van der Waals surface area contributed by atoms with Crippen LogP contribution in [0.1, 0.15) is 60.3 Å². The van der Waals surface area contributed by atoms with Gasteiger partial charge in [0.15, 0.2) is 5.96 Å². The topological polar surface area (TPSA) is 69.2 Å². The van der Waals surface area contributed by atoms with E-state index in [1.807, 2.05) is 27.8 Å². The van der Waals surface area contributed by atoms with E-state index in [1.54, 1.807) is 0 Å². The predicted octanol–water partition coefficient (Wildman–Crippen LogP) is 2.92. The highest BCUT2D eigenvalue weighted by atomic mass is 16.6. The van der Waals surface area contributed by atoms with Gasteiger partial charge in [-0.15, -0.1) is 0 Å². The minimum Gasteiger partial charge on any atom is -0.444 e. The van der Waals surface area contributed by atoms with Crippen LogP contribution >= 0.6 is 0 Å². The first kappa shape index (κ1) is 23.8. The summed E-state index contributed by atoms with van der Waals surface area (Å²) in [6.07, 6.45) is 4.30. The SMILES string of the molecule is CN=C(NCCCCN1CC(C)CC(C)C1)N1CCC(NC(=O)OC(C)(C)C)C1. The van der Waals surface area contributed by atoms with Crippen LogP contribution in [0.3, 0.4) is 0 Å². The maximum absolute atomic E-state index is 12.0. The summed E-state index contributed by atoms with van der Waals surface area (Å²) in [4.78, 5) is 21.2. The lowest BCUT2D eigenvalue weighted by atomic mass is 9.92. The molecule has 0 spiro atoms. The van der Waals surface area contributed by atoms with Gasteiger partial charge in [-0.25, -0.2) is 4.79 Å². The Kier molecular flexibility index (Phi) is 9.05. The third-order valence-corrected chi connectivity index (χ3v) is 5.55. The average Bonchev–Trinajstić information content (AvgIpc) is 3.03. The smallest absolute Gasteiger partial charge is 0.407 e. The minimum absolute atomic E-state index is 0.103. The van der Waals surface area contributed by atoms with Crippen molar-refractivity contribution in [3.63, 3.8) is 0 Å². The number of piperidine rings is 1. The zero-order valence-electron chi connectivity index (χ0n) is 19.5. The zero-order chi connectivity index (χ0) is 21.4. The van der Waals surface area contributed by atoms with Crippen LogP contribution in [-0.4, -0.2) is 79.8 Å². The largest absolute Gasteiger partial charge is 0.444 e. The van der Waals surface area contributed by atoms with E-state index in [0.29, 0.717) is 0 Å². The molecule has 2 rings (SSSR count). The second kappa shape index (κ2) is 11.0. The van der Waals surface area contributed by atoms with Gasteiger partial charge in [0.25, 0.3) is 0 Å². The molecular weight excluding hydrogens is 366 g/mol. The van der Waals surface area contributed by atoms with E-state index in [2.05, 4.69) is 39.3 Å². The number of nitrogens with one attached hydrogen (secondary N) is 2. The summed E-state index contributed by atoms with van der Waals surface area (Å²) in [7, 11) is 1.83. The molecule has 2 heterocycles. The van der Waals surface area contributed by atoms with Gasteiger partial charge in [-0.3, -0.25) is 4.99 Å². The van der Waals surface area contributed by atoms with E-state index in [-0.39, 0.29) is 12.1 Å². The molecule has 2 N–H and O–H groups in total. The molecular formula is C22H43N5O2. The molecule has 0 aromatic rings. The standard InChI is InChI=1S/C22H43N5O2/c1-17-13-18(2)15-26(14-17)11-8-7-10-24-20(23-6)27-12-9-19(16-27)25-21(28)29-22(3,4)5/h17-19H,7-16H2,1-6H3,(H,23,24)(H,25,28). The number of guanidine groups is 1. The minimum atomic E-state index is -0.468. The van der Waals surface area contributed by atoms with Gasteiger partial charge in [-0.2, -0.15) is 0 Å². The molecule has 2 aliphatic heterocycles. The summed E-state index contributed by atoms with van der Waals surface area (Å²) in [6, 6.07) is 0.103. The average molecular weight is 410 g/mol. The molecule has 168 valence electrons. The maximum atomic E-state index is 12.0. The van der Waals surface area contributed by atoms with Crippen LogP contribution in [0.2, 0.25) is 0 Å². The lowest BCUT2D eigenvalue weighted by molar-refractivity contribution is 0.0507. The molecule has 0 aliphatic carbocycles. The molecule has 2 aliphatic rings. The highest BCUT2D eigenvalue weighted by Crippen LogP contribution is 2.21. The number of nitrogens with zero attached hydrogens (tertiary/aromatic N) is 3. The maximum Gasteiger partial charge on any atom is 0.407 e. The van der Waals surface area contributed by atoms with Gasteiger partial charge in [0, 0.05) is 39.8 Å². The Bertz CT molecular complexity index is 536. The second-order valence-electron chi connectivity index (χ2n) is 9.96. The highest BCUT2D eigenvalue weighted by Gasteiger charge is 2.27. The van der Waals surface area contributed by atoms with Crippen molar-refractivity contribution >= 4 is 12.1 Å². The quantitative estimate of drug-likeness (QED) is 0.401. The summed E-state index contributed by atoms with van der Waals surface area (Å²) in [6.45, 7) is 16.7. The number of carbonyl (C=O) groups excluding carboxylic acids is 1. The van der Waals surface area contributed by atoms with E-state index < -0.39 is 5.60 Å². The number of aliphatic imine (C=N–C) groups is 1. The first-order chi connectivity index (χ1) is 13.7. The molecule has 29 heavy (non-hydrogen) atoms. The Labute approximate surface area is 177 Å². The fraction of sp³-hybridized carbons (Fsp3) is 0.909. The van der Waals surface area contributed by atoms with E-state index in [0.717, 1.165) is 50.3 Å². The number of hydrogen-bond acceptors (Lipinski definition) is 4. The molecule has 2 fully saturated rings. The molecule has 0 radical (unpaired) electrons. The predicted molar refractivity (Wildman–Crippen MR) is 119 cm³/mol. The number of ether oxygens (including phenoxy) is 1. The Balaban J connectivity index is 1.63. The van der Waals surface area contributed by atoms with Crippen LogP contribution in [0.5, 0.6) is 0 Å². The number of unbranched alkanes of at least 4 members (excludes halogenated alkanes) is 1. The monoisotopic (exact) mass is 409 g/mol. The molecule has 0 aromatic heterocycles. The first-order valence-electron chi connectivity index (χ1n) is 11.3. The lowest BCUT2D eigenvalue weighted by Crippen LogP contribution is -2.44. The number of alkyl carbamates (subject to hydrolysis) is 1. The molecule has 7 heteroatoms. The summed E-state index contributed by atoms with van der Waals surface area (Å²) in [5, 5.41) is 6.47. The number of likely N-dealkylation sites (tertiary alicyclic amines) is 2. The van der Waals surface area contributed by atoms with Crippen LogP contribution in [0.25, 0.3) is 0 Å². The van der Waals surface area contributed by atoms with Crippen LogP contribution in [0.4, 0.5) is 4.79 Å². The van der Waals surface area contributed by atoms with Gasteiger partial charge in [0.1, 0.15) is 5.60 Å². The van der Waals surface area contributed by atoms with E-state index >= 15 is 0 Å². The number of hydrogen-bond donors (Lipinski definition) is 2. The van der Waals surface area contributed by atoms with Crippen molar-refractivity contribution in [2.45, 2.75) is 71.9 Å². The molecule has 3 unspecified atom stereocenters. The second-order valence-corrected chi connectivity index (χ2v) is 9.96. The zero-order valence-corrected chi connectivity index (χ0v) is 19.5. The Hall–Kier alpha value is -1.50. The molecule has 0 aromatic carbocycles. The number of carbonyl (C=O) groups is 1. The van der Waals surface area contributed by atoms with Gasteiger partial charge < -0.3 is 25.2 Å². The molecule has 0 saturated carbocycles. The normalized spacial score (nSPS) is 26.5. The van der Waals surface area contributed by atoms with E-state index in [1.165, 1.54) is 32.5 Å². The van der Waals surface area contributed by atoms with Gasteiger partial charge in [-0.1, -0.05) is 13.8 Å². The van der Waals surface area contributed by atoms with E-state index in [9.17, 15) is 4.79 Å². The van der Waals surface area contributed by atoms with Crippen molar-refractivity contribution in [3.8, 4) is 0 Å². The van der Waals surface area contributed by atoms with Crippen molar-refractivity contribution in [1.82, 2.24) is 20.4 Å². The van der Waals surface area contributed by atoms with E-state index in [4.69, 9.17) is 4.74 Å². The summed E-state index contributed by atoms with van der Waals surface area (Å²) in [5.74, 6) is 2.58. The molecule has 2 saturated heterocycles. The van der Waals surface area contributed by atoms with Crippen LogP contribution in [0, 0.1) is 11.8 Å². The van der Waals surface area contributed by atoms with Gasteiger partial charge in [-0.05, 0) is 64.8 Å². The third kappa shape index (κ3) is 8.81. The van der Waals surface area contributed by atoms with Crippen molar-refractivity contribution < 1.29 is 9.53 Å². The van der Waals surface area contributed by atoms with Crippen molar-refractivity contribution in [2.75, 3.05) is 46.3 Å². The van der Waals surface area contributed by atoms with Crippen LogP contribution in [0.15, 0.2) is 4.99 Å². The van der Waals surface area contributed by atoms with Gasteiger partial charge >= 0.3 is 6.09 Å². The van der Waals surface area contributed by atoms with Crippen molar-refractivity contribution in [1.29, 1.82) is 0 Å². The Morgan fingerprint density at radius 1 is 1.14 bits per heavy atom. The summed E-state index contributed by atoms with van der Waals surface area (Å²) in [5.41, 5.74) is -0.468. The molecule has 0 bridgehead atoms. The molecule has 3 atom stereocenters. The van der Waals surface area contributed by atoms with Crippen molar-refractivity contribution in [2.24, 2.45) is 16.8 Å². The highest BCUT2D eigenvalue weighted by molar-refractivity contribution is 5.80. The number of amides is 1. The molecule has 1 amide bonds. The Morgan fingerprint density at radius 2 is 1.83 bits per heavy atom. The Morgan fingerprint density at radius 3 is 2.45 bits per heavy atom. The molecule has 7 nitrogen and oxygen atoms in total. The van der Waals surface area contributed by atoms with Gasteiger partial charge in [0.2, 0.25) is 0 Å². The summed E-state index contributed by atoms with van der Waals surface area (Å²) >= 11 is 0. The van der Waals surface area contributed by atoms with Crippen LogP contribution < -0.4 is 10.6 Å². The van der Waals surface area contributed by atoms with Gasteiger partial charge in [0.05, 0.1) is 6.04 Å². The fourth-order valence-corrected chi connectivity index (χ4v) is 4.51.